The van der Waals surface area contributed by atoms with E-state index in [4.69, 9.17) is 5.11 Å². The van der Waals surface area contributed by atoms with Gasteiger partial charge < -0.3 is 15.7 Å². The number of carboxylic acid groups (broad SMARTS) is 1. The number of para-hydroxylation sites is 1. The van der Waals surface area contributed by atoms with E-state index in [1.807, 2.05) is 36.9 Å². The zero-order valence-corrected chi connectivity index (χ0v) is 15.5. The average Bonchev–Trinajstić information content (AvgIpc) is 3.39. The lowest BCUT2D eigenvalue weighted by Crippen LogP contribution is -2.41. The molecule has 3 N–H and O–H groups in total. The predicted octanol–water partition coefficient (Wildman–Crippen LogP) is 1.69. The van der Waals surface area contributed by atoms with Crippen LogP contribution in [0.25, 0.3) is 0 Å². The number of benzene rings is 1. The second-order valence-electron chi connectivity index (χ2n) is 6.89. The maximum absolute atomic E-state index is 12.4. The standard InChI is InChI=1S/C19H27N3O4/c1-12-5-4-6-13(2)18(12)21-17(24)11-22(15-7-8-15)10-9-16(23)20-14(3)19(25)26/h4-6,14-15H,7-11H2,1-3H3,(H,20,23)(H,21,24)(H,25,26). The van der Waals surface area contributed by atoms with E-state index in [0.717, 1.165) is 29.7 Å². The first-order chi connectivity index (χ1) is 12.3. The molecule has 1 fully saturated rings. The molecule has 1 aliphatic carbocycles. The molecule has 1 unspecified atom stereocenters. The van der Waals surface area contributed by atoms with Crippen molar-refractivity contribution in [2.75, 3.05) is 18.4 Å². The van der Waals surface area contributed by atoms with Gasteiger partial charge >= 0.3 is 5.97 Å². The third-order valence-electron chi connectivity index (χ3n) is 4.53. The molecule has 7 nitrogen and oxygen atoms in total. The van der Waals surface area contributed by atoms with E-state index in [1.54, 1.807) is 0 Å². The van der Waals surface area contributed by atoms with E-state index >= 15 is 0 Å². The molecule has 0 radical (unpaired) electrons. The topological polar surface area (TPSA) is 98.7 Å². The Bertz CT molecular complexity index is 665. The van der Waals surface area contributed by atoms with E-state index in [1.165, 1.54) is 6.92 Å². The second-order valence-corrected chi connectivity index (χ2v) is 6.89. The molecule has 26 heavy (non-hydrogen) atoms. The zero-order valence-electron chi connectivity index (χ0n) is 15.5. The number of nitrogens with zero attached hydrogens (tertiary/aromatic N) is 1. The summed E-state index contributed by atoms with van der Waals surface area (Å²) < 4.78 is 0. The van der Waals surface area contributed by atoms with Crippen molar-refractivity contribution in [3.63, 3.8) is 0 Å². The van der Waals surface area contributed by atoms with Crippen molar-refractivity contribution in [1.82, 2.24) is 10.2 Å². The van der Waals surface area contributed by atoms with Gasteiger partial charge in [-0.25, -0.2) is 0 Å². The van der Waals surface area contributed by atoms with Crippen LogP contribution in [-0.2, 0) is 14.4 Å². The molecule has 1 atom stereocenters. The number of carbonyl (C=O) groups excluding carboxylic acids is 2. The lowest BCUT2D eigenvalue weighted by molar-refractivity contribution is -0.141. The van der Waals surface area contributed by atoms with Crippen molar-refractivity contribution < 1.29 is 19.5 Å². The van der Waals surface area contributed by atoms with Gasteiger partial charge in [0.15, 0.2) is 0 Å². The molecule has 142 valence electrons. The van der Waals surface area contributed by atoms with Gasteiger partial charge in [-0.3, -0.25) is 19.3 Å². The van der Waals surface area contributed by atoms with Crippen molar-refractivity contribution in [2.45, 2.75) is 52.1 Å². The fourth-order valence-corrected chi connectivity index (χ4v) is 2.83. The van der Waals surface area contributed by atoms with Gasteiger partial charge in [0.05, 0.1) is 6.54 Å². The van der Waals surface area contributed by atoms with Crippen LogP contribution in [0, 0.1) is 13.8 Å². The van der Waals surface area contributed by atoms with Crippen LogP contribution >= 0.6 is 0 Å². The van der Waals surface area contributed by atoms with Crippen molar-refractivity contribution in [3.05, 3.63) is 29.3 Å². The molecule has 1 aliphatic rings. The largest absolute Gasteiger partial charge is 0.480 e. The fraction of sp³-hybridized carbons (Fsp3) is 0.526. The van der Waals surface area contributed by atoms with Crippen molar-refractivity contribution in [1.29, 1.82) is 0 Å². The van der Waals surface area contributed by atoms with Crippen LogP contribution in [0.3, 0.4) is 0 Å². The number of hydrogen-bond donors (Lipinski definition) is 3. The van der Waals surface area contributed by atoms with E-state index in [0.29, 0.717) is 12.6 Å². The second kappa shape index (κ2) is 8.80. The van der Waals surface area contributed by atoms with Gasteiger partial charge in [-0.2, -0.15) is 0 Å². The summed E-state index contributed by atoms with van der Waals surface area (Å²) in [4.78, 5) is 37.1. The number of nitrogens with one attached hydrogen (secondary N) is 2. The summed E-state index contributed by atoms with van der Waals surface area (Å²) in [5, 5.41) is 14.2. The molecule has 2 amide bonds. The molecule has 0 bridgehead atoms. The van der Waals surface area contributed by atoms with Crippen molar-refractivity contribution in [3.8, 4) is 0 Å². The molecule has 1 saturated carbocycles. The Hall–Kier alpha value is -2.41. The monoisotopic (exact) mass is 361 g/mol. The lowest BCUT2D eigenvalue weighted by atomic mass is 10.1. The number of aliphatic carboxylic acids is 1. The number of rotatable bonds is 9. The maximum Gasteiger partial charge on any atom is 0.325 e. The van der Waals surface area contributed by atoms with Crippen LogP contribution in [0.1, 0.15) is 37.3 Å². The number of hydrogen-bond acceptors (Lipinski definition) is 4. The molecular weight excluding hydrogens is 334 g/mol. The summed E-state index contributed by atoms with van der Waals surface area (Å²) in [7, 11) is 0. The predicted molar refractivity (Wildman–Crippen MR) is 99.0 cm³/mol. The number of carbonyl (C=O) groups is 3. The Morgan fingerprint density at radius 3 is 2.35 bits per heavy atom. The highest BCUT2D eigenvalue weighted by molar-refractivity contribution is 5.93. The smallest absolute Gasteiger partial charge is 0.325 e. The summed E-state index contributed by atoms with van der Waals surface area (Å²) in [6.45, 7) is 5.99. The number of amides is 2. The first-order valence-corrected chi connectivity index (χ1v) is 8.90. The van der Waals surface area contributed by atoms with Gasteiger partial charge in [0, 0.05) is 24.7 Å². The average molecular weight is 361 g/mol. The number of anilines is 1. The molecule has 0 aromatic heterocycles. The molecule has 0 saturated heterocycles. The molecule has 2 rings (SSSR count). The maximum atomic E-state index is 12.4. The lowest BCUT2D eigenvalue weighted by Gasteiger charge is -2.22. The minimum atomic E-state index is -1.06. The van der Waals surface area contributed by atoms with Gasteiger partial charge in [-0.1, -0.05) is 18.2 Å². The molecule has 1 aromatic rings. The van der Waals surface area contributed by atoms with Crippen molar-refractivity contribution >= 4 is 23.5 Å². The highest BCUT2D eigenvalue weighted by Crippen LogP contribution is 2.27. The zero-order chi connectivity index (χ0) is 19.3. The van der Waals surface area contributed by atoms with Crippen LogP contribution in [0.4, 0.5) is 5.69 Å². The van der Waals surface area contributed by atoms with E-state index in [9.17, 15) is 14.4 Å². The summed E-state index contributed by atoms with van der Waals surface area (Å²) in [6.07, 6.45) is 2.21. The Kier molecular flexibility index (Phi) is 6.74. The Morgan fingerprint density at radius 2 is 1.81 bits per heavy atom. The Morgan fingerprint density at radius 1 is 1.19 bits per heavy atom. The SMILES string of the molecule is Cc1cccc(C)c1NC(=O)CN(CCC(=O)NC(C)C(=O)O)C1CC1. The Balaban J connectivity index is 1.87. The van der Waals surface area contributed by atoms with Gasteiger partial charge in [0.1, 0.15) is 6.04 Å². The minimum Gasteiger partial charge on any atom is -0.480 e. The van der Waals surface area contributed by atoms with Crippen molar-refractivity contribution in [2.24, 2.45) is 0 Å². The molecular formula is C19H27N3O4. The highest BCUT2D eigenvalue weighted by atomic mass is 16.4. The first kappa shape index (κ1) is 19.9. The third-order valence-corrected chi connectivity index (χ3v) is 4.53. The van der Waals surface area contributed by atoms with Crippen LogP contribution < -0.4 is 10.6 Å². The molecule has 7 heteroatoms. The molecule has 0 heterocycles. The van der Waals surface area contributed by atoms with Crippen LogP contribution in [0.15, 0.2) is 18.2 Å². The summed E-state index contributed by atoms with van der Waals surface area (Å²) in [5.74, 6) is -1.49. The van der Waals surface area contributed by atoms with Gasteiger partial charge in [0.2, 0.25) is 11.8 Å². The Labute approximate surface area is 153 Å². The summed E-state index contributed by atoms with van der Waals surface area (Å²) in [5.41, 5.74) is 2.86. The van der Waals surface area contributed by atoms with Crippen LogP contribution in [-0.4, -0.2) is 53.0 Å². The van der Waals surface area contributed by atoms with Gasteiger partial charge in [0.25, 0.3) is 0 Å². The minimum absolute atomic E-state index is 0.103. The number of carboxylic acids is 1. The molecule has 0 spiro atoms. The molecule has 0 aliphatic heterocycles. The summed E-state index contributed by atoms with van der Waals surface area (Å²) >= 11 is 0. The first-order valence-electron chi connectivity index (χ1n) is 8.90. The normalized spacial score (nSPS) is 14.8. The fourth-order valence-electron chi connectivity index (χ4n) is 2.83. The highest BCUT2D eigenvalue weighted by Gasteiger charge is 2.30. The van der Waals surface area contributed by atoms with E-state index in [-0.39, 0.29) is 24.8 Å². The van der Waals surface area contributed by atoms with E-state index < -0.39 is 12.0 Å². The quantitative estimate of drug-likeness (QED) is 0.622. The van der Waals surface area contributed by atoms with Crippen LogP contribution in [0.2, 0.25) is 0 Å². The number of aryl methyl sites for hydroxylation is 2. The van der Waals surface area contributed by atoms with E-state index in [2.05, 4.69) is 10.6 Å². The van der Waals surface area contributed by atoms with Crippen LogP contribution in [0.5, 0.6) is 0 Å². The third kappa shape index (κ3) is 5.84. The summed E-state index contributed by atoms with van der Waals surface area (Å²) in [6, 6.07) is 5.27. The molecule has 1 aromatic carbocycles. The van der Waals surface area contributed by atoms with Gasteiger partial charge in [-0.15, -0.1) is 0 Å². The van der Waals surface area contributed by atoms with Gasteiger partial charge in [-0.05, 0) is 44.7 Å².